The van der Waals surface area contributed by atoms with E-state index >= 15 is 0 Å². The van der Waals surface area contributed by atoms with Crippen molar-refractivity contribution in [1.29, 1.82) is 0 Å². The number of hydrogen-bond donors (Lipinski definition) is 0. The largest absolute Gasteiger partial charge is 0.265 e. The maximum absolute atomic E-state index is 5.72. The molecular weight excluding hydrogens is 194 g/mol. The Morgan fingerprint density at radius 2 is 1.43 bits per heavy atom. The number of nitrogens with zero attached hydrogens (tertiary/aromatic N) is 1. The summed E-state index contributed by atoms with van der Waals surface area (Å²) >= 11 is 5.72. The van der Waals surface area contributed by atoms with Crippen LogP contribution in [0.3, 0.4) is 0 Å². The van der Waals surface area contributed by atoms with Gasteiger partial charge in [0.25, 0.3) is 0 Å². The average molecular weight is 204 g/mol. The van der Waals surface area contributed by atoms with Gasteiger partial charge in [-0.25, -0.2) is 0 Å². The Hall–Kier alpha value is -1.34. The van der Waals surface area contributed by atoms with Crippen LogP contribution in [0.4, 0.5) is 0 Å². The van der Waals surface area contributed by atoms with Crippen LogP contribution in [-0.2, 0) is 5.88 Å². The van der Waals surface area contributed by atoms with Gasteiger partial charge in [-0.05, 0) is 28.8 Å². The fourth-order valence-corrected chi connectivity index (χ4v) is 1.51. The molecule has 0 saturated carbocycles. The summed E-state index contributed by atoms with van der Waals surface area (Å²) in [6.45, 7) is 0. The Labute approximate surface area is 88.4 Å². The zero-order valence-corrected chi connectivity index (χ0v) is 8.41. The van der Waals surface area contributed by atoms with Crippen LogP contribution in [0, 0.1) is 0 Å². The minimum absolute atomic E-state index is 0.566. The van der Waals surface area contributed by atoms with Crippen LogP contribution >= 0.6 is 11.6 Å². The predicted molar refractivity (Wildman–Crippen MR) is 59.2 cm³/mol. The van der Waals surface area contributed by atoms with Gasteiger partial charge in [-0.1, -0.05) is 24.3 Å². The van der Waals surface area contributed by atoms with Crippen molar-refractivity contribution < 1.29 is 0 Å². The maximum atomic E-state index is 5.72. The summed E-state index contributed by atoms with van der Waals surface area (Å²) in [4.78, 5) is 3.98. The van der Waals surface area contributed by atoms with Gasteiger partial charge in [0.2, 0.25) is 0 Å². The molecule has 0 N–H and O–H groups in total. The van der Waals surface area contributed by atoms with Crippen molar-refractivity contribution >= 4 is 11.6 Å². The third-order valence-corrected chi connectivity index (χ3v) is 2.43. The van der Waals surface area contributed by atoms with Gasteiger partial charge in [0.1, 0.15) is 0 Å². The first kappa shape index (κ1) is 9.22. The zero-order chi connectivity index (χ0) is 9.80. The van der Waals surface area contributed by atoms with Gasteiger partial charge < -0.3 is 0 Å². The Morgan fingerprint density at radius 1 is 0.857 bits per heavy atom. The van der Waals surface area contributed by atoms with Crippen LogP contribution in [0.15, 0.2) is 48.8 Å². The molecule has 2 aromatic rings. The lowest BCUT2D eigenvalue weighted by molar-refractivity contribution is 1.33. The first-order valence-electron chi connectivity index (χ1n) is 4.45. The molecule has 0 aliphatic rings. The number of aromatic nitrogens is 1. The highest BCUT2D eigenvalue weighted by Gasteiger charge is 1.96. The molecule has 0 aliphatic heterocycles. The highest BCUT2D eigenvalue weighted by molar-refractivity contribution is 6.17. The van der Waals surface area contributed by atoms with Gasteiger partial charge >= 0.3 is 0 Å². The average Bonchev–Trinajstić information content (AvgIpc) is 2.30. The number of rotatable bonds is 2. The van der Waals surface area contributed by atoms with Gasteiger partial charge in [0.15, 0.2) is 0 Å². The lowest BCUT2D eigenvalue weighted by Crippen LogP contribution is -1.80. The molecule has 0 radical (unpaired) electrons. The van der Waals surface area contributed by atoms with Crippen LogP contribution in [0.5, 0.6) is 0 Å². The van der Waals surface area contributed by atoms with E-state index in [1.54, 1.807) is 12.4 Å². The van der Waals surface area contributed by atoms with Crippen LogP contribution in [0.1, 0.15) is 5.56 Å². The standard InChI is InChI=1S/C12H10ClN/c13-9-10-1-3-11(4-2-10)12-5-7-14-8-6-12/h1-8H,9H2. The van der Waals surface area contributed by atoms with Gasteiger partial charge in [0.05, 0.1) is 0 Å². The summed E-state index contributed by atoms with van der Waals surface area (Å²) in [6.07, 6.45) is 3.59. The first-order valence-corrected chi connectivity index (χ1v) is 4.99. The minimum atomic E-state index is 0.566. The fourth-order valence-electron chi connectivity index (χ4n) is 1.33. The lowest BCUT2D eigenvalue weighted by atomic mass is 10.1. The Balaban J connectivity index is 2.34. The summed E-state index contributed by atoms with van der Waals surface area (Å²) in [5.41, 5.74) is 3.52. The topological polar surface area (TPSA) is 12.9 Å². The molecule has 0 spiro atoms. The molecule has 0 amide bonds. The normalized spacial score (nSPS) is 10.1. The maximum Gasteiger partial charge on any atom is 0.0474 e. The number of halogens is 1. The molecule has 1 heterocycles. The van der Waals surface area contributed by atoms with E-state index < -0.39 is 0 Å². The summed E-state index contributed by atoms with van der Waals surface area (Å²) in [5, 5.41) is 0. The fraction of sp³-hybridized carbons (Fsp3) is 0.0833. The Bertz CT molecular complexity index is 394. The third kappa shape index (κ3) is 1.94. The quantitative estimate of drug-likeness (QED) is 0.681. The zero-order valence-electron chi connectivity index (χ0n) is 7.65. The van der Waals surface area contributed by atoms with Gasteiger partial charge in [-0.15, -0.1) is 11.6 Å². The van der Waals surface area contributed by atoms with Crippen molar-refractivity contribution in [2.75, 3.05) is 0 Å². The van der Waals surface area contributed by atoms with Crippen molar-refractivity contribution in [1.82, 2.24) is 4.98 Å². The van der Waals surface area contributed by atoms with Gasteiger partial charge in [0, 0.05) is 18.3 Å². The van der Waals surface area contributed by atoms with E-state index in [-0.39, 0.29) is 0 Å². The minimum Gasteiger partial charge on any atom is -0.265 e. The molecule has 0 saturated heterocycles. The molecule has 0 aliphatic carbocycles. The second-order valence-electron chi connectivity index (χ2n) is 3.07. The molecule has 14 heavy (non-hydrogen) atoms. The number of benzene rings is 1. The molecule has 0 atom stereocenters. The molecule has 0 fully saturated rings. The second kappa shape index (κ2) is 4.25. The molecular formula is C12H10ClN. The van der Waals surface area contributed by atoms with E-state index in [0.717, 1.165) is 5.56 Å². The molecule has 2 heteroatoms. The summed E-state index contributed by atoms with van der Waals surface area (Å²) < 4.78 is 0. The molecule has 2 rings (SSSR count). The monoisotopic (exact) mass is 203 g/mol. The van der Waals surface area contributed by atoms with E-state index in [4.69, 9.17) is 11.6 Å². The van der Waals surface area contributed by atoms with Crippen LogP contribution in [-0.4, -0.2) is 4.98 Å². The summed E-state index contributed by atoms with van der Waals surface area (Å²) in [5.74, 6) is 0.566. The number of alkyl halides is 1. The highest BCUT2D eigenvalue weighted by atomic mass is 35.5. The van der Waals surface area contributed by atoms with E-state index in [1.807, 2.05) is 24.3 Å². The summed E-state index contributed by atoms with van der Waals surface area (Å²) in [6, 6.07) is 12.2. The second-order valence-corrected chi connectivity index (χ2v) is 3.33. The van der Waals surface area contributed by atoms with Crippen LogP contribution in [0.2, 0.25) is 0 Å². The van der Waals surface area contributed by atoms with Crippen molar-refractivity contribution in [3.05, 3.63) is 54.4 Å². The van der Waals surface area contributed by atoms with Crippen molar-refractivity contribution in [3.63, 3.8) is 0 Å². The van der Waals surface area contributed by atoms with Gasteiger partial charge in [-0.2, -0.15) is 0 Å². The van der Waals surface area contributed by atoms with E-state index in [0.29, 0.717) is 5.88 Å². The molecule has 1 aromatic heterocycles. The van der Waals surface area contributed by atoms with Crippen molar-refractivity contribution in [2.45, 2.75) is 5.88 Å². The van der Waals surface area contributed by atoms with E-state index in [9.17, 15) is 0 Å². The molecule has 0 bridgehead atoms. The Morgan fingerprint density at radius 3 is 2.00 bits per heavy atom. The van der Waals surface area contributed by atoms with E-state index in [1.165, 1.54) is 11.1 Å². The third-order valence-electron chi connectivity index (χ3n) is 2.12. The van der Waals surface area contributed by atoms with Gasteiger partial charge in [-0.3, -0.25) is 4.98 Å². The smallest absolute Gasteiger partial charge is 0.0474 e. The summed E-state index contributed by atoms with van der Waals surface area (Å²) in [7, 11) is 0. The van der Waals surface area contributed by atoms with Crippen LogP contribution < -0.4 is 0 Å². The number of hydrogen-bond acceptors (Lipinski definition) is 1. The lowest BCUT2D eigenvalue weighted by Gasteiger charge is -2.01. The molecule has 70 valence electrons. The van der Waals surface area contributed by atoms with Crippen molar-refractivity contribution in [3.8, 4) is 11.1 Å². The van der Waals surface area contributed by atoms with E-state index in [2.05, 4.69) is 17.1 Å². The SMILES string of the molecule is ClCc1ccc(-c2ccncc2)cc1. The first-order chi connectivity index (χ1) is 6.90. The predicted octanol–water partition coefficient (Wildman–Crippen LogP) is 3.49. The molecule has 1 nitrogen and oxygen atoms in total. The molecule has 0 unspecified atom stereocenters. The Kier molecular flexibility index (Phi) is 2.80. The number of pyridine rings is 1. The van der Waals surface area contributed by atoms with Crippen molar-refractivity contribution in [2.24, 2.45) is 0 Å². The highest BCUT2D eigenvalue weighted by Crippen LogP contribution is 2.18. The molecule has 1 aromatic carbocycles. The van der Waals surface area contributed by atoms with Crippen LogP contribution in [0.25, 0.3) is 11.1 Å².